The fraction of sp³-hybridized carbons (Fsp3) is 0.500. The van der Waals surface area contributed by atoms with E-state index in [4.69, 9.17) is 9.84 Å². The summed E-state index contributed by atoms with van der Waals surface area (Å²) < 4.78 is 5.55. The van der Waals surface area contributed by atoms with Gasteiger partial charge in [-0.05, 0) is 31.5 Å². The summed E-state index contributed by atoms with van der Waals surface area (Å²) in [6, 6.07) is 4.64. The topological polar surface area (TPSA) is 66.8 Å². The van der Waals surface area contributed by atoms with Gasteiger partial charge in [0, 0.05) is 6.54 Å². The van der Waals surface area contributed by atoms with E-state index in [0.29, 0.717) is 18.0 Å². The second kappa shape index (κ2) is 6.61. The number of carbonyl (C=O) groups excluding carboxylic acids is 1. The number of ether oxygens (including phenoxy) is 1. The van der Waals surface area contributed by atoms with E-state index in [-0.39, 0.29) is 11.5 Å². The highest BCUT2D eigenvalue weighted by atomic mass is 16.5. The molecule has 0 spiro atoms. The van der Waals surface area contributed by atoms with Crippen molar-refractivity contribution in [2.45, 2.75) is 45.6 Å². The van der Waals surface area contributed by atoms with Gasteiger partial charge in [0.25, 0.3) is 5.91 Å². The van der Waals surface area contributed by atoms with Crippen molar-refractivity contribution in [1.29, 1.82) is 0 Å². The number of amides is 1. The summed E-state index contributed by atoms with van der Waals surface area (Å²) in [6.07, 6.45) is 3.70. The van der Waals surface area contributed by atoms with Gasteiger partial charge in [-0.3, -0.25) is 4.79 Å². The van der Waals surface area contributed by atoms with Crippen molar-refractivity contribution in [3.63, 3.8) is 0 Å². The molecule has 1 unspecified atom stereocenters. The van der Waals surface area contributed by atoms with E-state index in [9.17, 15) is 9.59 Å². The molecule has 5 nitrogen and oxygen atoms in total. The minimum Gasteiger partial charge on any atom is -0.479 e. The predicted molar refractivity (Wildman–Crippen MR) is 80.0 cm³/mol. The molecular weight excluding hydrogens is 270 g/mol. The van der Waals surface area contributed by atoms with Crippen molar-refractivity contribution >= 4 is 17.6 Å². The van der Waals surface area contributed by atoms with Gasteiger partial charge in [-0.15, -0.1) is 0 Å². The Bertz CT molecular complexity index is 541. The van der Waals surface area contributed by atoms with E-state index >= 15 is 0 Å². The highest BCUT2D eigenvalue weighted by molar-refractivity contribution is 6.01. The van der Waals surface area contributed by atoms with Crippen LogP contribution in [0.1, 0.15) is 49.9 Å². The molecule has 0 fully saturated rings. The number of hydrogen-bond acceptors (Lipinski definition) is 3. The summed E-state index contributed by atoms with van der Waals surface area (Å²) >= 11 is 0. The maximum atomic E-state index is 12.3. The lowest BCUT2D eigenvalue weighted by Gasteiger charge is -2.33. The molecule has 0 aliphatic carbocycles. The minimum atomic E-state index is -1.00. The molecule has 0 saturated heterocycles. The number of unbranched alkanes of at least 4 members (excludes halogenated alkanes) is 3. The van der Waals surface area contributed by atoms with E-state index in [1.54, 1.807) is 17.9 Å². The largest absolute Gasteiger partial charge is 0.479 e. The van der Waals surface area contributed by atoms with Crippen LogP contribution in [-0.2, 0) is 4.79 Å². The standard InChI is InChI=1S/C16H21NO4/c1-3-4-5-6-9-17-13-10-12(16(19)20)7-8-14(13)21-11(2)15(17)18/h7-8,10-11H,3-6,9H2,1-2H3,(H,19,20). The number of nitrogens with zero attached hydrogens (tertiary/aromatic N) is 1. The summed E-state index contributed by atoms with van der Waals surface area (Å²) in [5, 5.41) is 9.09. The van der Waals surface area contributed by atoms with Gasteiger partial charge < -0.3 is 14.7 Å². The van der Waals surface area contributed by atoms with Crippen LogP contribution in [0.2, 0.25) is 0 Å². The van der Waals surface area contributed by atoms with Gasteiger partial charge in [0.2, 0.25) is 0 Å². The lowest BCUT2D eigenvalue weighted by atomic mass is 10.1. The zero-order chi connectivity index (χ0) is 15.4. The maximum absolute atomic E-state index is 12.3. The Kier molecular flexibility index (Phi) is 4.83. The third-order valence-electron chi connectivity index (χ3n) is 3.65. The number of anilines is 1. The minimum absolute atomic E-state index is 0.110. The van der Waals surface area contributed by atoms with E-state index in [1.807, 2.05) is 0 Å². The average Bonchev–Trinajstić information content (AvgIpc) is 2.46. The van der Waals surface area contributed by atoms with Crippen LogP contribution in [0.25, 0.3) is 0 Å². The van der Waals surface area contributed by atoms with Gasteiger partial charge in [-0.2, -0.15) is 0 Å². The van der Waals surface area contributed by atoms with Crippen molar-refractivity contribution in [3.8, 4) is 5.75 Å². The molecule has 1 aromatic rings. The third-order valence-corrected chi connectivity index (χ3v) is 3.65. The summed E-state index contributed by atoms with van der Waals surface area (Å²) in [5.74, 6) is -0.543. The molecule has 2 rings (SSSR count). The van der Waals surface area contributed by atoms with E-state index in [1.165, 1.54) is 12.1 Å². The molecule has 1 N–H and O–H groups in total. The Labute approximate surface area is 124 Å². The number of fused-ring (bicyclic) bond motifs is 1. The van der Waals surface area contributed by atoms with Gasteiger partial charge >= 0.3 is 5.97 Å². The zero-order valence-electron chi connectivity index (χ0n) is 12.5. The molecule has 0 radical (unpaired) electrons. The molecule has 1 amide bonds. The highest BCUT2D eigenvalue weighted by Crippen LogP contribution is 2.35. The van der Waals surface area contributed by atoms with Gasteiger partial charge in [-0.25, -0.2) is 4.79 Å². The van der Waals surface area contributed by atoms with Gasteiger partial charge in [0.05, 0.1) is 11.3 Å². The maximum Gasteiger partial charge on any atom is 0.335 e. The first-order valence-electron chi connectivity index (χ1n) is 7.40. The van der Waals surface area contributed by atoms with Crippen molar-refractivity contribution in [2.24, 2.45) is 0 Å². The van der Waals surface area contributed by atoms with Crippen LogP contribution in [0.15, 0.2) is 18.2 Å². The summed E-state index contributed by atoms with van der Waals surface area (Å²) in [4.78, 5) is 25.0. The molecule has 1 aromatic carbocycles. The SMILES string of the molecule is CCCCCCN1C(=O)C(C)Oc2ccc(C(=O)O)cc21. The Morgan fingerprint density at radius 2 is 2.10 bits per heavy atom. The lowest BCUT2D eigenvalue weighted by Crippen LogP contribution is -2.45. The number of aromatic carboxylic acids is 1. The molecule has 1 aliphatic rings. The Balaban J connectivity index is 2.24. The van der Waals surface area contributed by atoms with Crippen LogP contribution in [0, 0.1) is 0 Å². The van der Waals surface area contributed by atoms with E-state index in [2.05, 4.69) is 6.92 Å². The van der Waals surface area contributed by atoms with Gasteiger partial charge in [0.15, 0.2) is 6.10 Å². The van der Waals surface area contributed by atoms with Crippen LogP contribution in [0.4, 0.5) is 5.69 Å². The molecule has 0 bridgehead atoms. The monoisotopic (exact) mass is 291 g/mol. The average molecular weight is 291 g/mol. The molecule has 1 atom stereocenters. The molecule has 0 aromatic heterocycles. The van der Waals surface area contributed by atoms with Crippen LogP contribution >= 0.6 is 0 Å². The fourth-order valence-corrected chi connectivity index (χ4v) is 2.47. The Morgan fingerprint density at radius 1 is 1.33 bits per heavy atom. The molecule has 5 heteroatoms. The first kappa shape index (κ1) is 15.4. The van der Waals surface area contributed by atoms with Crippen molar-refractivity contribution in [1.82, 2.24) is 0 Å². The third kappa shape index (κ3) is 3.35. The zero-order valence-corrected chi connectivity index (χ0v) is 12.5. The summed E-state index contributed by atoms with van der Waals surface area (Å²) in [5.41, 5.74) is 0.729. The Hall–Kier alpha value is -2.04. The first-order valence-corrected chi connectivity index (χ1v) is 7.40. The van der Waals surface area contributed by atoms with E-state index in [0.717, 1.165) is 25.7 Å². The first-order chi connectivity index (χ1) is 10.0. The van der Waals surface area contributed by atoms with Crippen molar-refractivity contribution in [3.05, 3.63) is 23.8 Å². The highest BCUT2D eigenvalue weighted by Gasteiger charge is 2.31. The summed E-state index contributed by atoms with van der Waals surface area (Å²) in [7, 11) is 0. The molecule has 1 heterocycles. The second-order valence-corrected chi connectivity index (χ2v) is 5.30. The van der Waals surface area contributed by atoms with Crippen LogP contribution in [0.3, 0.4) is 0 Å². The van der Waals surface area contributed by atoms with Crippen LogP contribution in [-0.4, -0.2) is 29.6 Å². The fourth-order valence-electron chi connectivity index (χ4n) is 2.47. The van der Waals surface area contributed by atoms with Crippen molar-refractivity contribution in [2.75, 3.05) is 11.4 Å². The smallest absolute Gasteiger partial charge is 0.335 e. The number of rotatable bonds is 6. The number of carboxylic acids is 1. The number of carboxylic acid groups (broad SMARTS) is 1. The Morgan fingerprint density at radius 3 is 2.76 bits per heavy atom. The van der Waals surface area contributed by atoms with Crippen LogP contribution in [0.5, 0.6) is 5.75 Å². The molecule has 21 heavy (non-hydrogen) atoms. The normalized spacial score (nSPS) is 17.3. The number of hydrogen-bond donors (Lipinski definition) is 1. The molecule has 114 valence electrons. The summed E-state index contributed by atoms with van der Waals surface area (Å²) in [6.45, 7) is 4.45. The van der Waals surface area contributed by atoms with Crippen molar-refractivity contribution < 1.29 is 19.4 Å². The van der Waals surface area contributed by atoms with Crippen LogP contribution < -0.4 is 9.64 Å². The molecule has 0 saturated carbocycles. The number of carbonyl (C=O) groups is 2. The number of benzene rings is 1. The molecular formula is C16H21NO4. The molecule has 1 aliphatic heterocycles. The second-order valence-electron chi connectivity index (χ2n) is 5.30. The lowest BCUT2D eigenvalue weighted by molar-refractivity contribution is -0.125. The van der Waals surface area contributed by atoms with Gasteiger partial charge in [0.1, 0.15) is 5.75 Å². The van der Waals surface area contributed by atoms with Gasteiger partial charge in [-0.1, -0.05) is 26.2 Å². The quantitative estimate of drug-likeness (QED) is 0.818. The van der Waals surface area contributed by atoms with E-state index < -0.39 is 12.1 Å². The predicted octanol–water partition coefficient (Wildman–Crippen LogP) is 3.08.